The van der Waals surface area contributed by atoms with Gasteiger partial charge in [-0.25, -0.2) is 0 Å². The Morgan fingerprint density at radius 2 is 1.71 bits per heavy atom. The molecule has 1 N–H and O–H groups in total. The van der Waals surface area contributed by atoms with E-state index in [1.807, 2.05) is 31.2 Å². The van der Waals surface area contributed by atoms with Gasteiger partial charge in [0.1, 0.15) is 6.61 Å². The number of benzene rings is 2. The van der Waals surface area contributed by atoms with E-state index in [-0.39, 0.29) is 0 Å². The van der Waals surface area contributed by atoms with Gasteiger partial charge in [0.05, 0.1) is 6.61 Å². The minimum Gasteiger partial charge on any atom is -0.490 e. The molecule has 3 nitrogen and oxygen atoms in total. The van der Waals surface area contributed by atoms with Crippen LogP contribution in [0.3, 0.4) is 0 Å². The highest BCUT2D eigenvalue weighted by molar-refractivity contribution is 6.35. The molecule has 2 aromatic rings. The maximum absolute atomic E-state index is 6.19. The zero-order valence-electron chi connectivity index (χ0n) is 14.2. The second-order valence-corrected chi connectivity index (χ2v) is 6.55. The largest absolute Gasteiger partial charge is 0.490 e. The van der Waals surface area contributed by atoms with E-state index in [2.05, 4.69) is 19.2 Å². The van der Waals surface area contributed by atoms with Crippen molar-refractivity contribution in [1.82, 2.24) is 5.32 Å². The number of nitrogens with one attached hydrogen (secondary N) is 1. The first kappa shape index (κ1) is 18.9. The molecular weight excluding hydrogens is 345 g/mol. The van der Waals surface area contributed by atoms with E-state index in [9.17, 15) is 0 Å². The van der Waals surface area contributed by atoms with Gasteiger partial charge in [-0.3, -0.25) is 0 Å². The van der Waals surface area contributed by atoms with Gasteiger partial charge in [0.25, 0.3) is 0 Å². The molecule has 0 aliphatic rings. The summed E-state index contributed by atoms with van der Waals surface area (Å²) in [5, 5.41) is 4.58. The number of hydrogen-bond acceptors (Lipinski definition) is 3. The third kappa shape index (κ3) is 5.30. The van der Waals surface area contributed by atoms with Gasteiger partial charge in [0, 0.05) is 28.2 Å². The molecule has 5 heteroatoms. The molecule has 0 fully saturated rings. The molecule has 0 aromatic heterocycles. The number of hydrogen-bond donors (Lipinski definition) is 1. The van der Waals surface area contributed by atoms with Crippen molar-refractivity contribution in [1.29, 1.82) is 0 Å². The second-order valence-electron chi connectivity index (χ2n) is 5.74. The van der Waals surface area contributed by atoms with Gasteiger partial charge < -0.3 is 14.8 Å². The summed E-state index contributed by atoms with van der Waals surface area (Å²) in [5.74, 6) is 1.41. The number of ether oxygens (including phenoxy) is 2. The molecule has 0 heterocycles. The first-order valence-electron chi connectivity index (χ1n) is 8.06. The van der Waals surface area contributed by atoms with E-state index >= 15 is 0 Å². The Balaban J connectivity index is 2.13. The molecule has 0 radical (unpaired) electrons. The Morgan fingerprint density at radius 1 is 1.00 bits per heavy atom. The van der Waals surface area contributed by atoms with Crippen LogP contribution in [0.4, 0.5) is 0 Å². The summed E-state index contributed by atoms with van der Waals surface area (Å²) >= 11 is 12.4. The maximum atomic E-state index is 6.19. The Labute approximate surface area is 153 Å². The molecular formula is C19H23Cl2NO2. The van der Waals surface area contributed by atoms with Gasteiger partial charge in [-0.05, 0) is 36.8 Å². The second kappa shape index (κ2) is 9.16. The van der Waals surface area contributed by atoms with Crippen molar-refractivity contribution in [3.05, 3.63) is 57.6 Å². The average molecular weight is 368 g/mol. The summed E-state index contributed by atoms with van der Waals surface area (Å²) in [6.07, 6.45) is 0. The molecule has 0 atom stereocenters. The molecule has 130 valence electrons. The summed E-state index contributed by atoms with van der Waals surface area (Å²) < 4.78 is 11.6. The van der Waals surface area contributed by atoms with Gasteiger partial charge >= 0.3 is 0 Å². The van der Waals surface area contributed by atoms with E-state index in [1.165, 1.54) is 0 Å². The van der Waals surface area contributed by atoms with Crippen LogP contribution in [0.25, 0.3) is 0 Å². The lowest BCUT2D eigenvalue weighted by atomic mass is 10.2. The van der Waals surface area contributed by atoms with Crippen LogP contribution < -0.4 is 14.8 Å². The van der Waals surface area contributed by atoms with Gasteiger partial charge in [0.2, 0.25) is 0 Å². The fourth-order valence-electron chi connectivity index (χ4n) is 2.19. The minimum absolute atomic E-state index is 0.294. The van der Waals surface area contributed by atoms with Crippen LogP contribution >= 0.6 is 23.2 Å². The zero-order valence-corrected chi connectivity index (χ0v) is 15.7. The van der Waals surface area contributed by atoms with E-state index < -0.39 is 0 Å². The molecule has 0 unspecified atom stereocenters. The quantitative estimate of drug-likeness (QED) is 0.670. The van der Waals surface area contributed by atoms with Crippen LogP contribution in [0.1, 0.15) is 31.9 Å². The topological polar surface area (TPSA) is 30.5 Å². The highest BCUT2D eigenvalue weighted by atomic mass is 35.5. The minimum atomic E-state index is 0.294. The monoisotopic (exact) mass is 367 g/mol. The van der Waals surface area contributed by atoms with Crippen molar-refractivity contribution in [3.8, 4) is 11.5 Å². The third-order valence-corrected chi connectivity index (χ3v) is 4.16. The van der Waals surface area contributed by atoms with Crippen LogP contribution in [-0.4, -0.2) is 12.6 Å². The number of halogens is 2. The van der Waals surface area contributed by atoms with Gasteiger partial charge in [-0.15, -0.1) is 0 Å². The highest BCUT2D eigenvalue weighted by Gasteiger charge is 2.10. The Bertz CT molecular complexity index is 654. The first-order valence-corrected chi connectivity index (χ1v) is 8.81. The summed E-state index contributed by atoms with van der Waals surface area (Å²) in [5.41, 5.74) is 1.92. The molecule has 0 saturated heterocycles. The lowest BCUT2D eigenvalue weighted by Crippen LogP contribution is -2.21. The summed E-state index contributed by atoms with van der Waals surface area (Å²) in [7, 11) is 0. The van der Waals surface area contributed by atoms with E-state index in [0.29, 0.717) is 35.1 Å². The highest BCUT2D eigenvalue weighted by Crippen LogP contribution is 2.31. The molecule has 0 aliphatic heterocycles. The van der Waals surface area contributed by atoms with Crippen molar-refractivity contribution >= 4 is 23.2 Å². The fraction of sp³-hybridized carbons (Fsp3) is 0.368. The fourth-order valence-corrected chi connectivity index (χ4v) is 2.70. The third-order valence-electron chi connectivity index (χ3n) is 3.46. The lowest BCUT2D eigenvalue weighted by Gasteiger charge is -2.15. The van der Waals surface area contributed by atoms with Gasteiger partial charge in [-0.1, -0.05) is 49.2 Å². The lowest BCUT2D eigenvalue weighted by molar-refractivity contribution is 0.269. The van der Waals surface area contributed by atoms with Crippen molar-refractivity contribution in [2.45, 2.75) is 40.0 Å². The zero-order chi connectivity index (χ0) is 17.5. The molecule has 2 rings (SSSR count). The van der Waals surface area contributed by atoms with E-state index in [0.717, 1.165) is 23.4 Å². The van der Waals surface area contributed by atoms with Gasteiger partial charge in [-0.2, -0.15) is 0 Å². The summed E-state index contributed by atoms with van der Waals surface area (Å²) in [6.45, 7) is 7.84. The molecule has 0 amide bonds. The van der Waals surface area contributed by atoms with E-state index in [1.54, 1.807) is 12.1 Å². The Hall–Kier alpha value is -1.42. The average Bonchev–Trinajstić information content (AvgIpc) is 2.54. The SMILES string of the molecule is CCOc1cc(CNC(C)C)ccc1OCc1c(Cl)cccc1Cl. The van der Waals surface area contributed by atoms with Crippen LogP contribution in [0.2, 0.25) is 10.0 Å². The summed E-state index contributed by atoms with van der Waals surface area (Å²) in [6, 6.07) is 11.8. The molecule has 0 bridgehead atoms. The maximum Gasteiger partial charge on any atom is 0.161 e. The Kier molecular flexibility index (Phi) is 7.22. The van der Waals surface area contributed by atoms with Crippen molar-refractivity contribution in [2.75, 3.05) is 6.61 Å². The van der Waals surface area contributed by atoms with Gasteiger partial charge in [0.15, 0.2) is 11.5 Å². The van der Waals surface area contributed by atoms with Crippen LogP contribution in [0.5, 0.6) is 11.5 Å². The van der Waals surface area contributed by atoms with Crippen LogP contribution in [0, 0.1) is 0 Å². The van der Waals surface area contributed by atoms with Crippen molar-refractivity contribution in [2.24, 2.45) is 0 Å². The molecule has 24 heavy (non-hydrogen) atoms. The normalized spacial score (nSPS) is 10.9. The summed E-state index contributed by atoms with van der Waals surface area (Å²) in [4.78, 5) is 0. The van der Waals surface area contributed by atoms with Crippen LogP contribution in [-0.2, 0) is 13.2 Å². The van der Waals surface area contributed by atoms with Crippen molar-refractivity contribution in [3.63, 3.8) is 0 Å². The predicted molar refractivity (Wildman–Crippen MR) is 100 cm³/mol. The van der Waals surface area contributed by atoms with Crippen LogP contribution in [0.15, 0.2) is 36.4 Å². The Morgan fingerprint density at radius 3 is 2.33 bits per heavy atom. The smallest absolute Gasteiger partial charge is 0.161 e. The first-order chi connectivity index (χ1) is 11.5. The van der Waals surface area contributed by atoms with E-state index in [4.69, 9.17) is 32.7 Å². The molecule has 2 aromatic carbocycles. The molecule has 0 saturated carbocycles. The van der Waals surface area contributed by atoms with Crippen molar-refractivity contribution < 1.29 is 9.47 Å². The molecule has 0 aliphatic carbocycles. The predicted octanol–water partition coefficient (Wildman–Crippen LogP) is 5.47. The number of rotatable bonds is 8. The standard InChI is InChI=1S/C19H23Cl2NO2/c1-4-23-19-10-14(11-22-13(2)3)8-9-18(19)24-12-15-16(20)6-5-7-17(15)21/h5-10,13,22H,4,11-12H2,1-3H3. The molecule has 0 spiro atoms.